The fourth-order valence-corrected chi connectivity index (χ4v) is 3.71. The molecule has 1 amide bonds. The number of hydrogen-bond donors (Lipinski definition) is 1. The van der Waals surface area contributed by atoms with Crippen LogP contribution in [0.2, 0.25) is 0 Å². The Labute approximate surface area is 159 Å². The number of likely N-dealkylation sites (tertiary alicyclic amines) is 1. The second-order valence-electron chi connectivity index (χ2n) is 6.89. The van der Waals surface area contributed by atoms with Gasteiger partial charge in [-0.15, -0.1) is 0 Å². The van der Waals surface area contributed by atoms with Gasteiger partial charge in [0.05, 0.1) is 11.7 Å². The van der Waals surface area contributed by atoms with E-state index in [1.165, 1.54) is 0 Å². The smallest absolute Gasteiger partial charge is 0.254 e. The molecule has 4 nitrogen and oxygen atoms in total. The summed E-state index contributed by atoms with van der Waals surface area (Å²) < 4.78 is 0. The van der Waals surface area contributed by atoms with Crippen molar-refractivity contribution >= 4 is 5.91 Å². The fourth-order valence-electron chi connectivity index (χ4n) is 3.71. The number of aromatic nitrogens is 1. The molecule has 4 heteroatoms. The Morgan fingerprint density at radius 3 is 2.59 bits per heavy atom. The number of rotatable bonds is 3. The first-order valence-electron chi connectivity index (χ1n) is 9.34. The van der Waals surface area contributed by atoms with Crippen LogP contribution in [0.25, 0.3) is 11.1 Å². The van der Waals surface area contributed by atoms with E-state index in [1.54, 1.807) is 18.3 Å². The number of carbonyl (C=O) groups excluding carboxylic acids is 1. The number of benzene rings is 2. The van der Waals surface area contributed by atoms with E-state index in [2.05, 4.69) is 4.98 Å². The van der Waals surface area contributed by atoms with Gasteiger partial charge in [0.2, 0.25) is 0 Å². The molecular formula is C23H22N2O2. The predicted molar refractivity (Wildman–Crippen MR) is 105 cm³/mol. The van der Waals surface area contributed by atoms with E-state index >= 15 is 0 Å². The van der Waals surface area contributed by atoms with Gasteiger partial charge in [-0.1, -0.05) is 30.3 Å². The monoisotopic (exact) mass is 358 g/mol. The summed E-state index contributed by atoms with van der Waals surface area (Å²) in [5, 5.41) is 9.49. The molecule has 0 bridgehead atoms. The van der Waals surface area contributed by atoms with Crippen molar-refractivity contribution in [2.75, 3.05) is 6.54 Å². The number of amides is 1. The van der Waals surface area contributed by atoms with Crippen LogP contribution in [0.1, 0.15) is 41.4 Å². The van der Waals surface area contributed by atoms with Gasteiger partial charge in [0.1, 0.15) is 5.75 Å². The van der Waals surface area contributed by atoms with Gasteiger partial charge in [-0.05, 0) is 66.8 Å². The van der Waals surface area contributed by atoms with Gasteiger partial charge < -0.3 is 10.0 Å². The van der Waals surface area contributed by atoms with Gasteiger partial charge in [-0.2, -0.15) is 0 Å². The van der Waals surface area contributed by atoms with E-state index in [-0.39, 0.29) is 17.7 Å². The molecule has 1 atom stereocenters. The molecule has 1 fully saturated rings. The van der Waals surface area contributed by atoms with Gasteiger partial charge in [-0.25, -0.2) is 0 Å². The minimum Gasteiger partial charge on any atom is -0.508 e. The van der Waals surface area contributed by atoms with Crippen LogP contribution in [0.3, 0.4) is 0 Å². The van der Waals surface area contributed by atoms with Crippen LogP contribution in [0.5, 0.6) is 5.75 Å². The molecule has 0 radical (unpaired) electrons. The van der Waals surface area contributed by atoms with Crippen molar-refractivity contribution in [2.24, 2.45) is 0 Å². The van der Waals surface area contributed by atoms with E-state index in [0.717, 1.165) is 42.6 Å². The van der Waals surface area contributed by atoms with Crippen LogP contribution < -0.4 is 0 Å². The van der Waals surface area contributed by atoms with Crippen molar-refractivity contribution in [3.8, 4) is 16.9 Å². The lowest BCUT2D eigenvalue weighted by Gasteiger charge is -2.35. The molecular weight excluding hydrogens is 336 g/mol. The number of carbonyl (C=O) groups is 1. The van der Waals surface area contributed by atoms with Crippen molar-refractivity contribution in [1.29, 1.82) is 0 Å². The number of piperidine rings is 1. The Morgan fingerprint density at radius 2 is 1.81 bits per heavy atom. The first kappa shape index (κ1) is 17.3. The summed E-state index contributed by atoms with van der Waals surface area (Å²) in [6.07, 6.45) is 4.86. The Bertz CT molecular complexity index is 923. The molecule has 1 saturated heterocycles. The lowest BCUT2D eigenvalue weighted by molar-refractivity contribution is 0.0606. The van der Waals surface area contributed by atoms with Gasteiger partial charge in [-0.3, -0.25) is 9.78 Å². The summed E-state index contributed by atoms with van der Waals surface area (Å²) in [5.41, 5.74) is 3.58. The number of hydrogen-bond acceptors (Lipinski definition) is 3. The molecule has 27 heavy (non-hydrogen) atoms. The summed E-state index contributed by atoms with van der Waals surface area (Å²) in [5.74, 6) is 0.281. The summed E-state index contributed by atoms with van der Waals surface area (Å²) in [4.78, 5) is 19.7. The van der Waals surface area contributed by atoms with Crippen LogP contribution in [0.4, 0.5) is 0 Å². The second-order valence-corrected chi connectivity index (χ2v) is 6.89. The lowest BCUT2D eigenvalue weighted by Crippen LogP contribution is -2.38. The van der Waals surface area contributed by atoms with Crippen LogP contribution in [-0.4, -0.2) is 27.4 Å². The molecule has 2 aromatic carbocycles. The minimum atomic E-state index is 0.0322. The molecule has 0 aliphatic carbocycles. The average Bonchev–Trinajstić information content (AvgIpc) is 2.74. The van der Waals surface area contributed by atoms with Gasteiger partial charge in [0.15, 0.2) is 0 Å². The summed E-state index contributed by atoms with van der Waals surface area (Å²) in [6, 6.07) is 20.6. The van der Waals surface area contributed by atoms with Crippen LogP contribution in [-0.2, 0) is 0 Å². The number of nitrogens with zero attached hydrogens (tertiary/aromatic N) is 2. The highest BCUT2D eigenvalue weighted by Gasteiger charge is 2.29. The number of pyridine rings is 1. The first-order chi connectivity index (χ1) is 13.2. The van der Waals surface area contributed by atoms with E-state index in [4.69, 9.17) is 0 Å². The van der Waals surface area contributed by atoms with E-state index < -0.39 is 0 Å². The molecule has 0 unspecified atom stereocenters. The highest BCUT2D eigenvalue weighted by molar-refractivity contribution is 5.95. The SMILES string of the molecule is O=C(c1cccc(-c2ccc(O)cc2)c1)N1CCCC[C@@H]1c1ccccn1. The number of phenolic OH excluding ortho intramolecular Hbond substituents is 1. The predicted octanol–water partition coefficient (Wildman–Crippen LogP) is 4.82. The Morgan fingerprint density at radius 1 is 0.963 bits per heavy atom. The van der Waals surface area contributed by atoms with Gasteiger partial charge in [0, 0.05) is 18.3 Å². The third kappa shape index (κ3) is 3.70. The van der Waals surface area contributed by atoms with E-state index in [1.807, 2.05) is 59.5 Å². The molecule has 3 aromatic rings. The largest absolute Gasteiger partial charge is 0.508 e. The fraction of sp³-hybridized carbons (Fsp3) is 0.217. The van der Waals surface area contributed by atoms with E-state index in [0.29, 0.717) is 5.56 Å². The van der Waals surface area contributed by atoms with Crippen LogP contribution in [0.15, 0.2) is 72.9 Å². The summed E-state index contributed by atoms with van der Waals surface area (Å²) in [7, 11) is 0. The van der Waals surface area contributed by atoms with Crippen molar-refractivity contribution < 1.29 is 9.90 Å². The zero-order chi connectivity index (χ0) is 18.6. The molecule has 1 aliphatic rings. The average molecular weight is 358 g/mol. The highest BCUT2D eigenvalue weighted by atomic mass is 16.3. The molecule has 1 aromatic heterocycles. The van der Waals surface area contributed by atoms with Crippen molar-refractivity contribution in [3.05, 3.63) is 84.2 Å². The first-order valence-corrected chi connectivity index (χ1v) is 9.34. The number of phenols is 1. The Hall–Kier alpha value is -3.14. The van der Waals surface area contributed by atoms with Crippen molar-refractivity contribution in [2.45, 2.75) is 25.3 Å². The zero-order valence-electron chi connectivity index (χ0n) is 15.1. The van der Waals surface area contributed by atoms with Gasteiger partial charge >= 0.3 is 0 Å². The minimum absolute atomic E-state index is 0.0322. The molecule has 4 rings (SSSR count). The molecule has 1 N–H and O–H groups in total. The van der Waals surface area contributed by atoms with Crippen molar-refractivity contribution in [1.82, 2.24) is 9.88 Å². The summed E-state index contributed by atoms with van der Waals surface area (Å²) >= 11 is 0. The molecule has 1 aliphatic heterocycles. The zero-order valence-corrected chi connectivity index (χ0v) is 15.1. The lowest BCUT2D eigenvalue weighted by atomic mass is 9.96. The molecule has 0 spiro atoms. The topological polar surface area (TPSA) is 53.4 Å². The van der Waals surface area contributed by atoms with Crippen LogP contribution in [0, 0.1) is 0 Å². The molecule has 136 valence electrons. The standard InChI is InChI=1S/C23H22N2O2/c26-20-12-10-17(11-13-20)18-6-5-7-19(16-18)23(27)25-15-4-2-9-22(25)21-8-1-3-14-24-21/h1,3,5-8,10-14,16,22,26H,2,4,9,15H2/t22-/m1/s1. The maximum absolute atomic E-state index is 13.3. The highest BCUT2D eigenvalue weighted by Crippen LogP contribution is 2.31. The normalized spacial score (nSPS) is 16.9. The number of aromatic hydroxyl groups is 1. The quantitative estimate of drug-likeness (QED) is 0.730. The molecule has 2 heterocycles. The third-order valence-electron chi connectivity index (χ3n) is 5.10. The second kappa shape index (κ2) is 7.62. The summed E-state index contributed by atoms with van der Waals surface area (Å²) in [6.45, 7) is 0.753. The Kier molecular flexibility index (Phi) is 4.88. The maximum Gasteiger partial charge on any atom is 0.254 e. The Balaban J connectivity index is 1.63. The van der Waals surface area contributed by atoms with Gasteiger partial charge in [0.25, 0.3) is 5.91 Å². The van der Waals surface area contributed by atoms with E-state index in [9.17, 15) is 9.90 Å². The molecule has 0 saturated carbocycles. The van der Waals surface area contributed by atoms with Crippen molar-refractivity contribution in [3.63, 3.8) is 0 Å². The van der Waals surface area contributed by atoms with Crippen LogP contribution >= 0.6 is 0 Å². The maximum atomic E-state index is 13.3. The third-order valence-corrected chi connectivity index (χ3v) is 5.10.